The quantitative estimate of drug-likeness (QED) is 0.880. The van der Waals surface area contributed by atoms with Crippen molar-refractivity contribution in [3.8, 4) is 0 Å². The molecule has 0 aromatic carbocycles. The van der Waals surface area contributed by atoms with Gasteiger partial charge in [0.05, 0.1) is 12.2 Å². The predicted molar refractivity (Wildman–Crippen MR) is 83.3 cm³/mol. The number of hydrogen-bond acceptors (Lipinski definition) is 5. The minimum atomic E-state index is 0.329. The van der Waals surface area contributed by atoms with Crippen molar-refractivity contribution in [3.63, 3.8) is 0 Å². The van der Waals surface area contributed by atoms with E-state index in [4.69, 9.17) is 4.52 Å². The lowest BCUT2D eigenvalue weighted by molar-refractivity contribution is -0.141. The fourth-order valence-corrected chi connectivity index (χ4v) is 3.80. The molecule has 0 unspecified atom stereocenters. The zero-order valence-corrected chi connectivity index (χ0v) is 13.5. The summed E-state index contributed by atoms with van der Waals surface area (Å²) >= 11 is 0. The van der Waals surface area contributed by atoms with Crippen LogP contribution in [0.1, 0.15) is 30.7 Å². The van der Waals surface area contributed by atoms with Gasteiger partial charge in [-0.2, -0.15) is 0 Å². The maximum absolute atomic E-state index is 12.2. The number of likely N-dealkylation sites (N-methyl/N-ethyl adjacent to an activating group) is 1. The summed E-state index contributed by atoms with van der Waals surface area (Å²) in [6.07, 6.45) is 2.78. The number of fused-ring (bicyclic) bond motifs is 1. The Morgan fingerprint density at radius 2 is 2.32 bits per heavy atom. The van der Waals surface area contributed by atoms with Crippen LogP contribution in [-0.4, -0.2) is 60.1 Å². The summed E-state index contributed by atoms with van der Waals surface area (Å²) < 4.78 is 5.33. The van der Waals surface area contributed by atoms with Crippen molar-refractivity contribution in [3.05, 3.63) is 17.5 Å². The molecule has 2 atom stereocenters. The average molecular weight is 306 g/mol. The summed E-state index contributed by atoms with van der Waals surface area (Å²) in [4.78, 5) is 16.7. The predicted octanol–water partition coefficient (Wildman–Crippen LogP) is 1.02. The van der Waals surface area contributed by atoms with Crippen molar-refractivity contribution >= 4 is 5.91 Å². The van der Waals surface area contributed by atoms with Crippen molar-refractivity contribution in [2.24, 2.45) is 5.92 Å². The van der Waals surface area contributed by atoms with E-state index in [0.29, 0.717) is 24.3 Å². The lowest BCUT2D eigenvalue weighted by atomic mass is 9.83. The van der Waals surface area contributed by atoms with Crippen LogP contribution in [-0.2, 0) is 11.3 Å². The van der Waals surface area contributed by atoms with Gasteiger partial charge >= 0.3 is 0 Å². The first-order valence-electron chi connectivity index (χ1n) is 8.26. The Balaban J connectivity index is 1.60. The molecule has 6 heteroatoms. The van der Waals surface area contributed by atoms with Crippen LogP contribution in [0.4, 0.5) is 0 Å². The van der Waals surface area contributed by atoms with E-state index >= 15 is 0 Å². The van der Waals surface area contributed by atoms with Gasteiger partial charge in [0.25, 0.3) is 0 Å². The Hall–Kier alpha value is -1.40. The van der Waals surface area contributed by atoms with Gasteiger partial charge in [-0.25, -0.2) is 0 Å². The number of amides is 1. The van der Waals surface area contributed by atoms with Crippen molar-refractivity contribution in [1.82, 2.24) is 20.3 Å². The summed E-state index contributed by atoms with van der Waals surface area (Å²) in [6.45, 7) is 6.55. The average Bonchev–Trinajstić information content (AvgIpc) is 2.91. The molecular weight excluding hydrogens is 280 g/mol. The molecule has 0 aliphatic carbocycles. The number of nitrogens with zero attached hydrogens (tertiary/aromatic N) is 3. The third-order valence-electron chi connectivity index (χ3n) is 4.89. The smallest absolute Gasteiger partial charge is 0.222 e. The normalized spacial score (nSPS) is 26.3. The van der Waals surface area contributed by atoms with E-state index in [1.54, 1.807) is 0 Å². The number of rotatable bonds is 5. The molecule has 2 fully saturated rings. The monoisotopic (exact) mass is 306 g/mol. The number of aromatic nitrogens is 1. The van der Waals surface area contributed by atoms with E-state index in [2.05, 4.69) is 20.3 Å². The summed E-state index contributed by atoms with van der Waals surface area (Å²) in [6, 6.07) is 2.43. The highest BCUT2D eigenvalue weighted by Crippen LogP contribution is 2.31. The fourth-order valence-electron chi connectivity index (χ4n) is 3.80. The molecule has 22 heavy (non-hydrogen) atoms. The first kappa shape index (κ1) is 15.5. The number of hydrogen-bond donors (Lipinski definition) is 1. The maximum atomic E-state index is 12.2. The molecule has 6 nitrogen and oxygen atoms in total. The molecule has 1 amide bonds. The lowest BCUT2D eigenvalue weighted by Crippen LogP contribution is -2.56. The van der Waals surface area contributed by atoms with Gasteiger partial charge in [0.1, 0.15) is 0 Å². The molecule has 3 rings (SSSR count). The van der Waals surface area contributed by atoms with Gasteiger partial charge in [0, 0.05) is 44.7 Å². The van der Waals surface area contributed by atoms with E-state index in [-0.39, 0.29) is 0 Å². The largest absolute Gasteiger partial charge is 0.360 e. The highest BCUT2D eigenvalue weighted by Gasteiger charge is 2.38. The van der Waals surface area contributed by atoms with Crippen LogP contribution >= 0.6 is 0 Å². The standard InChI is InChI=1S/C16H26N4O2/c1-12-9-14(22-18-12)11-19-7-5-15-13(10-19)3-4-16(21)20(15)8-6-17-2/h9,13,15,17H,3-8,10-11H2,1-2H3/t13-,15+/m0/s1. The fraction of sp³-hybridized carbons (Fsp3) is 0.750. The highest BCUT2D eigenvalue weighted by atomic mass is 16.5. The Labute approximate surface area is 131 Å². The number of likely N-dealkylation sites (tertiary alicyclic amines) is 2. The molecule has 0 bridgehead atoms. The third kappa shape index (κ3) is 3.33. The summed E-state index contributed by atoms with van der Waals surface area (Å²) in [7, 11) is 1.94. The number of piperidine rings is 2. The van der Waals surface area contributed by atoms with Crippen LogP contribution in [0.3, 0.4) is 0 Å². The van der Waals surface area contributed by atoms with Crippen molar-refractivity contribution in [2.45, 2.75) is 38.8 Å². The van der Waals surface area contributed by atoms with Gasteiger partial charge < -0.3 is 14.7 Å². The van der Waals surface area contributed by atoms with Crippen LogP contribution in [0.15, 0.2) is 10.6 Å². The molecule has 0 radical (unpaired) electrons. The zero-order chi connectivity index (χ0) is 15.5. The van der Waals surface area contributed by atoms with Gasteiger partial charge in [0.2, 0.25) is 5.91 Å². The van der Waals surface area contributed by atoms with Gasteiger partial charge in [-0.1, -0.05) is 5.16 Å². The summed E-state index contributed by atoms with van der Waals surface area (Å²) in [5.74, 6) is 1.86. The van der Waals surface area contributed by atoms with E-state index in [1.165, 1.54) is 0 Å². The van der Waals surface area contributed by atoms with E-state index in [0.717, 1.165) is 57.0 Å². The molecular formula is C16H26N4O2. The minimum absolute atomic E-state index is 0.329. The van der Waals surface area contributed by atoms with Crippen LogP contribution < -0.4 is 5.32 Å². The van der Waals surface area contributed by atoms with Crippen LogP contribution in [0.5, 0.6) is 0 Å². The lowest BCUT2D eigenvalue weighted by Gasteiger charge is -2.47. The molecule has 0 saturated carbocycles. The second-order valence-electron chi connectivity index (χ2n) is 6.52. The van der Waals surface area contributed by atoms with Crippen molar-refractivity contribution < 1.29 is 9.32 Å². The van der Waals surface area contributed by atoms with Crippen LogP contribution in [0.2, 0.25) is 0 Å². The second kappa shape index (κ2) is 6.79. The zero-order valence-electron chi connectivity index (χ0n) is 13.5. The summed E-state index contributed by atoms with van der Waals surface area (Å²) in [5, 5.41) is 7.11. The Kier molecular flexibility index (Phi) is 4.78. The van der Waals surface area contributed by atoms with Gasteiger partial charge in [-0.3, -0.25) is 9.69 Å². The molecule has 0 spiro atoms. The number of carbonyl (C=O) groups is 1. The molecule has 2 aliphatic rings. The third-order valence-corrected chi connectivity index (χ3v) is 4.89. The minimum Gasteiger partial charge on any atom is -0.360 e. The SMILES string of the molecule is CNCCN1C(=O)CC[C@H]2CN(Cc3cc(C)no3)CC[C@H]21. The first-order chi connectivity index (χ1) is 10.7. The number of carbonyl (C=O) groups excluding carboxylic acids is 1. The van der Waals surface area contributed by atoms with Gasteiger partial charge in [-0.05, 0) is 32.7 Å². The molecule has 1 aromatic rings. The molecule has 122 valence electrons. The highest BCUT2D eigenvalue weighted by molar-refractivity contribution is 5.77. The molecule has 3 heterocycles. The topological polar surface area (TPSA) is 61.6 Å². The number of aryl methyl sites for hydroxylation is 1. The van der Waals surface area contributed by atoms with Crippen LogP contribution in [0.25, 0.3) is 0 Å². The first-order valence-corrected chi connectivity index (χ1v) is 8.26. The Morgan fingerprint density at radius 3 is 3.05 bits per heavy atom. The van der Waals surface area contributed by atoms with Crippen molar-refractivity contribution in [2.75, 3.05) is 33.2 Å². The molecule has 1 N–H and O–H groups in total. The van der Waals surface area contributed by atoms with E-state index < -0.39 is 0 Å². The maximum Gasteiger partial charge on any atom is 0.222 e. The Bertz CT molecular complexity index is 516. The van der Waals surface area contributed by atoms with Gasteiger partial charge in [-0.15, -0.1) is 0 Å². The van der Waals surface area contributed by atoms with E-state index in [9.17, 15) is 4.79 Å². The molecule has 1 aromatic heterocycles. The van der Waals surface area contributed by atoms with Crippen LogP contribution in [0, 0.1) is 12.8 Å². The second-order valence-corrected chi connectivity index (χ2v) is 6.52. The van der Waals surface area contributed by atoms with Gasteiger partial charge in [0.15, 0.2) is 5.76 Å². The Morgan fingerprint density at radius 1 is 1.45 bits per heavy atom. The van der Waals surface area contributed by atoms with E-state index in [1.807, 2.05) is 20.0 Å². The number of nitrogens with one attached hydrogen (secondary N) is 1. The van der Waals surface area contributed by atoms with Crippen molar-refractivity contribution in [1.29, 1.82) is 0 Å². The summed E-state index contributed by atoms with van der Waals surface area (Å²) in [5.41, 5.74) is 0.936. The molecule has 2 saturated heterocycles. The molecule has 2 aliphatic heterocycles.